The predicted molar refractivity (Wildman–Crippen MR) is 80.5 cm³/mol. The van der Waals surface area contributed by atoms with Gasteiger partial charge in [0.15, 0.2) is 0 Å². The van der Waals surface area contributed by atoms with Crippen molar-refractivity contribution in [2.45, 2.75) is 52.0 Å². The Hall–Kier alpha value is -1.65. The molecule has 21 heavy (non-hydrogen) atoms. The van der Waals surface area contributed by atoms with E-state index < -0.39 is 12.0 Å². The second kappa shape index (κ2) is 5.28. The largest absolute Gasteiger partial charge is 0.480 e. The third-order valence-electron chi connectivity index (χ3n) is 4.81. The summed E-state index contributed by atoms with van der Waals surface area (Å²) in [7, 11) is 0. The fourth-order valence-corrected chi connectivity index (χ4v) is 3.84. The number of carboxylic acid groups (broad SMARTS) is 1. The van der Waals surface area contributed by atoms with E-state index in [4.69, 9.17) is 0 Å². The van der Waals surface area contributed by atoms with Crippen LogP contribution < -0.4 is 4.90 Å². The van der Waals surface area contributed by atoms with Crippen LogP contribution in [0.3, 0.4) is 0 Å². The molecule has 0 spiro atoms. The monoisotopic (exact) mass is 289 g/mol. The molecule has 2 aliphatic rings. The van der Waals surface area contributed by atoms with Crippen LogP contribution in [0.15, 0.2) is 6.07 Å². The maximum Gasteiger partial charge on any atom is 0.326 e. The van der Waals surface area contributed by atoms with Gasteiger partial charge < -0.3 is 10.0 Å². The minimum absolute atomic E-state index is 0.244. The summed E-state index contributed by atoms with van der Waals surface area (Å²) in [6.07, 6.45) is 3.33. The molecule has 1 aromatic heterocycles. The van der Waals surface area contributed by atoms with Crippen molar-refractivity contribution in [3.8, 4) is 0 Å². The molecule has 2 fully saturated rings. The molecule has 1 saturated carbocycles. The quantitative estimate of drug-likeness (QED) is 0.926. The minimum Gasteiger partial charge on any atom is -0.480 e. The van der Waals surface area contributed by atoms with Crippen molar-refractivity contribution in [3.63, 3.8) is 0 Å². The number of hydrogen-bond acceptors (Lipinski definition) is 4. The van der Waals surface area contributed by atoms with Crippen LogP contribution >= 0.6 is 0 Å². The molecule has 3 atom stereocenters. The van der Waals surface area contributed by atoms with E-state index in [9.17, 15) is 9.90 Å². The number of aryl methyl sites for hydroxylation is 1. The normalized spacial score (nSPS) is 28.2. The summed E-state index contributed by atoms with van der Waals surface area (Å²) >= 11 is 0. The highest BCUT2D eigenvalue weighted by atomic mass is 16.4. The molecule has 3 rings (SSSR count). The number of carboxylic acids is 1. The van der Waals surface area contributed by atoms with Crippen molar-refractivity contribution in [2.24, 2.45) is 11.8 Å². The third-order valence-corrected chi connectivity index (χ3v) is 4.81. The Morgan fingerprint density at radius 3 is 2.81 bits per heavy atom. The van der Waals surface area contributed by atoms with Gasteiger partial charge in [-0.15, -0.1) is 0 Å². The Balaban J connectivity index is 1.97. The lowest BCUT2D eigenvalue weighted by molar-refractivity contribution is -0.139. The first-order valence-electron chi connectivity index (χ1n) is 7.82. The van der Waals surface area contributed by atoms with Crippen LogP contribution in [0.5, 0.6) is 0 Å². The van der Waals surface area contributed by atoms with Gasteiger partial charge in [0, 0.05) is 24.2 Å². The Morgan fingerprint density at radius 2 is 2.14 bits per heavy atom. The van der Waals surface area contributed by atoms with Gasteiger partial charge in [-0.2, -0.15) is 0 Å². The van der Waals surface area contributed by atoms with Gasteiger partial charge in [0.1, 0.15) is 17.7 Å². The predicted octanol–water partition coefficient (Wildman–Crippen LogP) is 2.60. The van der Waals surface area contributed by atoms with Crippen LogP contribution in [-0.2, 0) is 4.79 Å². The number of hydrogen-bond donors (Lipinski definition) is 1. The number of carbonyl (C=O) groups is 1. The van der Waals surface area contributed by atoms with Gasteiger partial charge >= 0.3 is 5.97 Å². The van der Waals surface area contributed by atoms with Crippen molar-refractivity contribution in [2.75, 3.05) is 11.4 Å². The lowest BCUT2D eigenvalue weighted by Crippen LogP contribution is -2.40. The highest BCUT2D eigenvalue weighted by Gasteiger charge is 2.48. The van der Waals surface area contributed by atoms with E-state index in [1.54, 1.807) is 0 Å². The van der Waals surface area contributed by atoms with Gasteiger partial charge in [-0.3, -0.25) is 0 Å². The van der Waals surface area contributed by atoms with E-state index in [1.165, 1.54) is 0 Å². The van der Waals surface area contributed by atoms with Crippen molar-refractivity contribution in [3.05, 3.63) is 17.6 Å². The molecule has 5 heteroatoms. The van der Waals surface area contributed by atoms with Crippen molar-refractivity contribution < 1.29 is 9.90 Å². The van der Waals surface area contributed by atoms with Gasteiger partial charge in [0.2, 0.25) is 0 Å². The van der Waals surface area contributed by atoms with Crippen LogP contribution in [0.1, 0.15) is 50.5 Å². The SMILES string of the molecule is Cc1cc(N2CC3CCCC3C2C(=O)O)nc(C(C)C)n1. The Bertz CT molecular complexity index is 558. The fraction of sp³-hybridized carbons (Fsp3) is 0.688. The van der Waals surface area contributed by atoms with Crippen molar-refractivity contribution >= 4 is 11.8 Å². The fourth-order valence-electron chi connectivity index (χ4n) is 3.84. The molecule has 5 nitrogen and oxygen atoms in total. The van der Waals surface area contributed by atoms with Crippen molar-refractivity contribution in [1.82, 2.24) is 9.97 Å². The van der Waals surface area contributed by atoms with Crippen LogP contribution in [0.4, 0.5) is 5.82 Å². The van der Waals surface area contributed by atoms with Gasteiger partial charge in [0.25, 0.3) is 0 Å². The molecule has 0 radical (unpaired) electrons. The summed E-state index contributed by atoms with van der Waals surface area (Å²) in [5.74, 6) is 1.89. The summed E-state index contributed by atoms with van der Waals surface area (Å²) in [4.78, 5) is 22.8. The zero-order valence-electron chi connectivity index (χ0n) is 12.9. The average Bonchev–Trinajstić information content (AvgIpc) is 2.96. The molecule has 1 aromatic rings. The molecule has 0 aromatic carbocycles. The standard InChI is InChI=1S/C16H23N3O2/c1-9(2)15-17-10(3)7-13(18-15)19-8-11-5-4-6-12(11)14(19)16(20)21/h7,9,11-12,14H,4-6,8H2,1-3H3,(H,20,21). The third kappa shape index (κ3) is 2.49. The van der Waals surface area contributed by atoms with Crippen molar-refractivity contribution in [1.29, 1.82) is 0 Å². The summed E-state index contributed by atoms with van der Waals surface area (Å²) < 4.78 is 0. The van der Waals surface area contributed by atoms with E-state index in [0.717, 1.165) is 43.1 Å². The number of nitrogens with zero attached hydrogens (tertiary/aromatic N) is 3. The highest BCUT2D eigenvalue weighted by molar-refractivity contribution is 5.79. The summed E-state index contributed by atoms with van der Waals surface area (Å²) in [6, 6.07) is 1.50. The Morgan fingerprint density at radius 1 is 1.38 bits per heavy atom. The molecule has 1 saturated heterocycles. The van der Waals surface area contributed by atoms with E-state index in [1.807, 2.05) is 17.9 Å². The number of anilines is 1. The summed E-state index contributed by atoms with van der Waals surface area (Å²) in [5.41, 5.74) is 0.907. The number of fused-ring (bicyclic) bond motifs is 1. The summed E-state index contributed by atoms with van der Waals surface area (Å²) in [5, 5.41) is 9.65. The molecule has 0 bridgehead atoms. The lowest BCUT2D eigenvalue weighted by Gasteiger charge is -2.26. The van der Waals surface area contributed by atoms with Crippen LogP contribution in [0, 0.1) is 18.8 Å². The molecule has 114 valence electrons. The first kappa shape index (κ1) is 14.3. The first-order chi connectivity index (χ1) is 9.97. The summed E-state index contributed by atoms with van der Waals surface area (Å²) in [6.45, 7) is 6.89. The zero-order chi connectivity index (χ0) is 15.1. The molecule has 1 aliphatic heterocycles. The van der Waals surface area contributed by atoms with Crippen LogP contribution in [0.25, 0.3) is 0 Å². The molecule has 0 amide bonds. The van der Waals surface area contributed by atoms with Gasteiger partial charge in [-0.25, -0.2) is 14.8 Å². The average molecular weight is 289 g/mol. The van der Waals surface area contributed by atoms with Crippen LogP contribution in [0.2, 0.25) is 0 Å². The maximum atomic E-state index is 11.7. The molecular formula is C16H23N3O2. The Labute approximate surface area is 125 Å². The highest BCUT2D eigenvalue weighted by Crippen LogP contribution is 2.43. The lowest BCUT2D eigenvalue weighted by atomic mass is 9.94. The van der Waals surface area contributed by atoms with Gasteiger partial charge in [-0.1, -0.05) is 20.3 Å². The molecule has 1 aliphatic carbocycles. The second-order valence-corrected chi connectivity index (χ2v) is 6.67. The number of aromatic nitrogens is 2. The Kier molecular flexibility index (Phi) is 3.59. The number of rotatable bonds is 3. The van der Waals surface area contributed by atoms with E-state index in [-0.39, 0.29) is 11.8 Å². The molecule has 2 heterocycles. The van der Waals surface area contributed by atoms with E-state index in [2.05, 4.69) is 23.8 Å². The maximum absolute atomic E-state index is 11.7. The molecule has 1 N–H and O–H groups in total. The molecule has 3 unspecified atom stereocenters. The first-order valence-corrected chi connectivity index (χ1v) is 7.82. The topological polar surface area (TPSA) is 66.3 Å². The van der Waals surface area contributed by atoms with E-state index >= 15 is 0 Å². The van der Waals surface area contributed by atoms with Gasteiger partial charge in [-0.05, 0) is 31.6 Å². The van der Waals surface area contributed by atoms with E-state index in [0.29, 0.717) is 5.92 Å². The second-order valence-electron chi connectivity index (χ2n) is 6.67. The smallest absolute Gasteiger partial charge is 0.326 e. The zero-order valence-corrected chi connectivity index (χ0v) is 12.9. The number of aliphatic carboxylic acids is 1. The van der Waals surface area contributed by atoms with Crippen LogP contribution in [-0.4, -0.2) is 33.6 Å². The van der Waals surface area contributed by atoms with Gasteiger partial charge in [0.05, 0.1) is 0 Å². The minimum atomic E-state index is -0.716. The molecular weight excluding hydrogens is 266 g/mol.